The van der Waals surface area contributed by atoms with Crippen LogP contribution in [-0.2, 0) is 17.6 Å². The first-order chi connectivity index (χ1) is 16.3. The maximum atomic E-state index is 12.2. The molecule has 3 aromatic rings. The number of aromatic nitrogens is 3. The zero-order valence-corrected chi connectivity index (χ0v) is 19.4. The first-order valence-electron chi connectivity index (χ1n) is 11.0. The lowest BCUT2D eigenvalue weighted by Crippen LogP contribution is -2.33. The molecule has 0 radical (unpaired) electrons. The third-order valence-electron chi connectivity index (χ3n) is 5.28. The monoisotopic (exact) mass is 459 g/mol. The van der Waals surface area contributed by atoms with Gasteiger partial charge in [0.15, 0.2) is 0 Å². The number of carbonyl (C=O) groups excluding carboxylic acids is 1. The van der Waals surface area contributed by atoms with Crippen molar-refractivity contribution in [2.75, 3.05) is 13.1 Å². The number of nitrogens with zero attached hydrogens (tertiary/aromatic N) is 5. The van der Waals surface area contributed by atoms with Crippen LogP contribution in [-0.4, -0.2) is 45.3 Å². The highest BCUT2D eigenvalue weighted by Crippen LogP contribution is 2.28. The van der Waals surface area contributed by atoms with Crippen LogP contribution < -0.4 is 4.74 Å². The van der Waals surface area contributed by atoms with Crippen LogP contribution in [0.2, 0.25) is 0 Å². The van der Waals surface area contributed by atoms with Gasteiger partial charge in [-0.2, -0.15) is 10.2 Å². The van der Waals surface area contributed by atoms with Gasteiger partial charge in [0.1, 0.15) is 11.6 Å². The molecule has 1 amide bonds. The smallest absolute Gasteiger partial charge is 0.414 e. The molecule has 1 aliphatic rings. The van der Waals surface area contributed by atoms with Crippen molar-refractivity contribution in [2.45, 2.75) is 39.7 Å². The van der Waals surface area contributed by atoms with Crippen molar-refractivity contribution in [3.63, 3.8) is 0 Å². The van der Waals surface area contributed by atoms with Crippen LogP contribution in [0.4, 0.5) is 4.79 Å². The molecule has 2 aromatic heterocycles. The number of carbonyl (C=O) groups is 1. The first kappa shape index (κ1) is 23.0. The topological polar surface area (TPSA) is 114 Å². The lowest BCUT2D eigenvalue weighted by atomic mass is 10.00. The quantitative estimate of drug-likeness (QED) is 0.511. The predicted molar refractivity (Wildman–Crippen MR) is 124 cm³/mol. The van der Waals surface area contributed by atoms with Crippen molar-refractivity contribution < 1.29 is 18.8 Å². The van der Waals surface area contributed by atoms with Gasteiger partial charge in [0.25, 0.3) is 5.89 Å². The van der Waals surface area contributed by atoms with Crippen molar-refractivity contribution in [2.24, 2.45) is 0 Å². The van der Waals surface area contributed by atoms with Gasteiger partial charge in [-0.25, -0.2) is 9.78 Å². The Morgan fingerprint density at radius 1 is 1.21 bits per heavy atom. The SMILES string of the molecule is C=C(C)OC(=O)N1CCc2ccc(-c3noc(-c4cnc(OC(C)C)c(C#N)c4)n3)cc2CC1. The van der Waals surface area contributed by atoms with E-state index < -0.39 is 0 Å². The molecule has 1 aromatic carbocycles. The summed E-state index contributed by atoms with van der Waals surface area (Å²) in [7, 11) is 0. The number of fused-ring (bicyclic) bond motifs is 1. The zero-order chi connectivity index (χ0) is 24.2. The second kappa shape index (κ2) is 9.75. The van der Waals surface area contributed by atoms with E-state index in [1.807, 2.05) is 32.0 Å². The van der Waals surface area contributed by atoms with E-state index in [0.29, 0.717) is 42.2 Å². The van der Waals surface area contributed by atoms with Gasteiger partial charge in [0.05, 0.1) is 17.4 Å². The fourth-order valence-electron chi connectivity index (χ4n) is 3.68. The van der Waals surface area contributed by atoms with Crippen molar-refractivity contribution in [1.82, 2.24) is 20.0 Å². The highest BCUT2D eigenvalue weighted by Gasteiger charge is 2.21. The van der Waals surface area contributed by atoms with Gasteiger partial charge in [0, 0.05) is 24.8 Å². The maximum absolute atomic E-state index is 12.2. The summed E-state index contributed by atoms with van der Waals surface area (Å²) in [5.41, 5.74) is 3.93. The molecular weight excluding hydrogens is 434 g/mol. The van der Waals surface area contributed by atoms with Gasteiger partial charge in [-0.05, 0) is 56.9 Å². The molecular formula is C25H25N5O4. The second-order valence-electron chi connectivity index (χ2n) is 8.32. The number of amides is 1. The predicted octanol–water partition coefficient (Wildman–Crippen LogP) is 4.53. The normalized spacial score (nSPS) is 13.1. The fraction of sp³-hybridized carbons (Fsp3) is 0.320. The van der Waals surface area contributed by atoms with E-state index in [2.05, 4.69) is 27.8 Å². The van der Waals surface area contributed by atoms with E-state index in [4.69, 9.17) is 14.0 Å². The summed E-state index contributed by atoms with van der Waals surface area (Å²) in [5.74, 6) is 1.34. The molecule has 3 heterocycles. The van der Waals surface area contributed by atoms with E-state index in [1.54, 1.807) is 24.1 Å². The molecule has 0 atom stereocenters. The standard InChI is InChI=1S/C25H25N5O4/c1-15(2)32-23-20(13-26)12-21(14-27-23)24-28-22(29-34-24)19-6-5-17-7-9-30(10-8-18(17)11-19)25(31)33-16(3)4/h5-6,11-12,14-15H,3,7-10H2,1-2,4H3. The van der Waals surface area contributed by atoms with Gasteiger partial charge in [0.2, 0.25) is 11.7 Å². The lowest BCUT2D eigenvalue weighted by Gasteiger charge is -2.19. The van der Waals surface area contributed by atoms with Crippen LogP contribution in [0.15, 0.2) is 47.3 Å². The van der Waals surface area contributed by atoms with Crippen LogP contribution in [0, 0.1) is 11.3 Å². The molecule has 9 nitrogen and oxygen atoms in total. The fourth-order valence-corrected chi connectivity index (χ4v) is 3.68. The number of rotatable bonds is 5. The molecule has 34 heavy (non-hydrogen) atoms. The maximum Gasteiger partial charge on any atom is 0.414 e. The van der Waals surface area contributed by atoms with E-state index >= 15 is 0 Å². The number of pyridine rings is 1. The Morgan fingerprint density at radius 2 is 1.97 bits per heavy atom. The third kappa shape index (κ3) is 5.07. The highest BCUT2D eigenvalue weighted by atomic mass is 16.6. The number of nitriles is 1. The Bertz CT molecular complexity index is 1270. The number of benzene rings is 1. The molecule has 0 unspecified atom stereocenters. The summed E-state index contributed by atoms with van der Waals surface area (Å²) >= 11 is 0. The van der Waals surface area contributed by atoms with E-state index in [9.17, 15) is 10.1 Å². The number of allylic oxidation sites excluding steroid dienone is 1. The van der Waals surface area contributed by atoms with Gasteiger partial charge >= 0.3 is 6.09 Å². The Kier molecular flexibility index (Phi) is 6.59. The third-order valence-corrected chi connectivity index (χ3v) is 5.28. The van der Waals surface area contributed by atoms with Crippen LogP contribution >= 0.6 is 0 Å². The van der Waals surface area contributed by atoms with Gasteiger partial charge in [-0.15, -0.1) is 0 Å². The van der Waals surface area contributed by atoms with Gasteiger partial charge in [-0.3, -0.25) is 0 Å². The Balaban J connectivity index is 1.53. The minimum Gasteiger partial charge on any atom is -0.474 e. The molecule has 4 rings (SSSR count). The summed E-state index contributed by atoms with van der Waals surface area (Å²) in [6.45, 7) is 10.1. The lowest BCUT2D eigenvalue weighted by molar-refractivity contribution is 0.131. The average molecular weight is 460 g/mol. The molecule has 1 aliphatic heterocycles. The van der Waals surface area contributed by atoms with Gasteiger partial charge < -0.3 is 18.9 Å². The first-order valence-corrected chi connectivity index (χ1v) is 11.0. The molecule has 174 valence electrons. The number of hydrogen-bond acceptors (Lipinski definition) is 8. The van der Waals surface area contributed by atoms with Crippen molar-refractivity contribution in [1.29, 1.82) is 5.26 Å². The van der Waals surface area contributed by atoms with Crippen molar-refractivity contribution in [3.05, 3.63) is 59.5 Å². The molecule has 0 spiro atoms. The van der Waals surface area contributed by atoms with Crippen LogP contribution in [0.1, 0.15) is 37.5 Å². The Hall–Kier alpha value is -4.19. The molecule has 0 saturated heterocycles. The van der Waals surface area contributed by atoms with E-state index in [-0.39, 0.29) is 24.0 Å². The van der Waals surface area contributed by atoms with Crippen LogP contribution in [0.3, 0.4) is 0 Å². The van der Waals surface area contributed by atoms with E-state index in [0.717, 1.165) is 17.5 Å². The minimum absolute atomic E-state index is 0.0995. The summed E-state index contributed by atoms with van der Waals surface area (Å²) in [4.78, 5) is 22.7. The van der Waals surface area contributed by atoms with E-state index in [1.165, 1.54) is 5.56 Å². The molecule has 0 fully saturated rings. The summed E-state index contributed by atoms with van der Waals surface area (Å²) in [6, 6.07) is 9.71. The van der Waals surface area contributed by atoms with Crippen molar-refractivity contribution >= 4 is 6.09 Å². The summed E-state index contributed by atoms with van der Waals surface area (Å²) in [6.07, 6.45) is 2.49. The summed E-state index contributed by atoms with van der Waals surface area (Å²) < 4.78 is 16.2. The minimum atomic E-state index is -0.376. The molecule has 9 heteroatoms. The largest absolute Gasteiger partial charge is 0.474 e. The molecule has 0 aliphatic carbocycles. The zero-order valence-electron chi connectivity index (χ0n) is 19.4. The molecule has 0 N–H and O–H groups in total. The molecule has 0 saturated carbocycles. The van der Waals surface area contributed by atoms with Crippen LogP contribution in [0.25, 0.3) is 22.8 Å². The summed E-state index contributed by atoms with van der Waals surface area (Å²) in [5, 5.41) is 13.6. The second-order valence-corrected chi connectivity index (χ2v) is 8.32. The number of ether oxygens (including phenoxy) is 2. The Morgan fingerprint density at radius 3 is 2.68 bits per heavy atom. The Labute approximate surface area is 197 Å². The average Bonchev–Trinajstić information content (AvgIpc) is 3.19. The highest BCUT2D eigenvalue weighted by molar-refractivity contribution is 5.69. The van der Waals surface area contributed by atoms with Crippen LogP contribution in [0.5, 0.6) is 5.88 Å². The van der Waals surface area contributed by atoms with Gasteiger partial charge in [-0.1, -0.05) is 23.9 Å². The van der Waals surface area contributed by atoms with Crippen molar-refractivity contribution in [3.8, 4) is 34.8 Å². The number of hydrogen-bond donors (Lipinski definition) is 0. The molecule has 0 bridgehead atoms.